The average molecular weight is 473 g/mol. The van der Waals surface area contributed by atoms with Gasteiger partial charge in [0.25, 0.3) is 16.8 Å². The number of benzene rings is 1. The van der Waals surface area contributed by atoms with Crippen LogP contribution in [-0.4, -0.2) is 51.7 Å². The van der Waals surface area contributed by atoms with Crippen molar-refractivity contribution in [2.75, 3.05) is 13.7 Å². The van der Waals surface area contributed by atoms with Gasteiger partial charge in [0.15, 0.2) is 11.5 Å². The van der Waals surface area contributed by atoms with E-state index in [-0.39, 0.29) is 23.1 Å². The third-order valence-electron chi connectivity index (χ3n) is 4.47. The second kappa shape index (κ2) is 10.1. The molecule has 33 heavy (non-hydrogen) atoms. The zero-order chi connectivity index (χ0) is 24.1. The Kier molecular flexibility index (Phi) is 7.28. The third kappa shape index (κ3) is 5.29. The van der Waals surface area contributed by atoms with Crippen molar-refractivity contribution in [1.82, 2.24) is 9.88 Å². The number of esters is 1. The summed E-state index contributed by atoms with van der Waals surface area (Å²) in [5.74, 6) is -0.534. The van der Waals surface area contributed by atoms with E-state index in [1.807, 2.05) is 0 Å². The van der Waals surface area contributed by atoms with Gasteiger partial charge in [0, 0.05) is 12.1 Å². The summed E-state index contributed by atoms with van der Waals surface area (Å²) in [6.07, 6.45) is 2.57. The van der Waals surface area contributed by atoms with Crippen LogP contribution in [0.25, 0.3) is 6.08 Å². The fourth-order valence-corrected chi connectivity index (χ4v) is 3.75. The Morgan fingerprint density at radius 3 is 2.64 bits per heavy atom. The summed E-state index contributed by atoms with van der Waals surface area (Å²) in [6, 6.07) is 6.36. The van der Waals surface area contributed by atoms with Crippen molar-refractivity contribution in [3.8, 4) is 17.4 Å². The molecule has 12 heteroatoms. The van der Waals surface area contributed by atoms with Crippen LogP contribution in [-0.2, 0) is 14.3 Å². The van der Waals surface area contributed by atoms with Crippen molar-refractivity contribution in [2.24, 2.45) is 0 Å². The lowest BCUT2D eigenvalue weighted by Crippen LogP contribution is -2.42. The Bertz CT molecular complexity index is 1130. The first-order valence-corrected chi connectivity index (χ1v) is 10.5. The van der Waals surface area contributed by atoms with Crippen molar-refractivity contribution >= 4 is 40.6 Å². The van der Waals surface area contributed by atoms with Gasteiger partial charge in [-0.05, 0) is 49.4 Å². The SMILES string of the molecule is CCOC(=O)[C@H](C)N1C(=O)S/C(=C\c2ccc(Oc3ccc([N+](=O)[O-])cn3)c(OC)c2)C1=O. The number of ether oxygens (including phenoxy) is 3. The normalized spacial score (nSPS) is 15.5. The number of nitro groups is 1. The molecule has 1 aromatic heterocycles. The maximum absolute atomic E-state index is 12.7. The second-order valence-corrected chi connectivity index (χ2v) is 7.60. The summed E-state index contributed by atoms with van der Waals surface area (Å²) in [7, 11) is 1.42. The molecule has 0 saturated carbocycles. The zero-order valence-corrected chi connectivity index (χ0v) is 18.7. The Hall–Kier alpha value is -3.93. The highest BCUT2D eigenvalue weighted by atomic mass is 32.2. The Morgan fingerprint density at radius 2 is 2.03 bits per heavy atom. The lowest BCUT2D eigenvalue weighted by atomic mass is 10.1. The summed E-state index contributed by atoms with van der Waals surface area (Å²) in [5.41, 5.74) is 0.376. The Morgan fingerprint density at radius 1 is 1.27 bits per heavy atom. The highest BCUT2D eigenvalue weighted by Gasteiger charge is 2.41. The molecule has 11 nitrogen and oxygen atoms in total. The molecule has 172 valence electrons. The van der Waals surface area contributed by atoms with Gasteiger partial charge in [-0.25, -0.2) is 9.78 Å². The van der Waals surface area contributed by atoms with Gasteiger partial charge in [-0.1, -0.05) is 6.07 Å². The maximum Gasteiger partial charge on any atom is 0.329 e. The minimum atomic E-state index is -1.04. The smallest absolute Gasteiger partial charge is 0.329 e. The fraction of sp³-hybridized carbons (Fsp3) is 0.238. The van der Waals surface area contributed by atoms with Gasteiger partial charge in [-0.15, -0.1) is 0 Å². The molecule has 1 atom stereocenters. The van der Waals surface area contributed by atoms with Gasteiger partial charge < -0.3 is 14.2 Å². The molecular weight excluding hydrogens is 454 g/mol. The van der Waals surface area contributed by atoms with E-state index in [0.717, 1.165) is 22.9 Å². The highest BCUT2D eigenvalue weighted by Crippen LogP contribution is 2.36. The van der Waals surface area contributed by atoms with Gasteiger partial charge in [-0.3, -0.25) is 24.6 Å². The number of hydrogen-bond acceptors (Lipinski definition) is 10. The fourth-order valence-electron chi connectivity index (χ4n) is 2.85. The summed E-state index contributed by atoms with van der Waals surface area (Å²) in [5, 5.41) is 10.2. The van der Waals surface area contributed by atoms with E-state index in [4.69, 9.17) is 14.2 Å². The van der Waals surface area contributed by atoms with Crippen LogP contribution in [0.2, 0.25) is 0 Å². The molecule has 0 bridgehead atoms. The van der Waals surface area contributed by atoms with Crippen LogP contribution in [0.15, 0.2) is 41.4 Å². The maximum atomic E-state index is 12.7. The number of imide groups is 1. The molecule has 1 aliphatic rings. The molecule has 1 saturated heterocycles. The number of carbonyl (C=O) groups is 3. The molecule has 1 fully saturated rings. The summed E-state index contributed by atoms with van der Waals surface area (Å²) in [4.78, 5) is 52.0. The van der Waals surface area contributed by atoms with Crippen molar-refractivity contribution in [3.05, 3.63) is 57.1 Å². The molecule has 0 aliphatic carbocycles. The van der Waals surface area contributed by atoms with E-state index in [1.54, 1.807) is 25.1 Å². The third-order valence-corrected chi connectivity index (χ3v) is 5.35. The Labute approximate surface area is 192 Å². The second-order valence-electron chi connectivity index (χ2n) is 6.60. The highest BCUT2D eigenvalue weighted by molar-refractivity contribution is 8.18. The van der Waals surface area contributed by atoms with Crippen molar-refractivity contribution in [1.29, 1.82) is 0 Å². The van der Waals surface area contributed by atoms with Gasteiger partial charge in [0.05, 0.1) is 23.5 Å². The number of pyridine rings is 1. The zero-order valence-electron chi connectivity index (χ0n) is 17.8. The minimum Gasteiger partial charge on any atom is -0.493 e. The van der Waals surface area contributed by atoms with E-state index >= 15 is 0 Å². The van der Waals surface area contributed by atoms with Gasteiger partial charge >= 0.3 is 5.97 Å². The van der Waals surface area contributed by atoms with Crippen LogP contribution in [0.3, 0.4) is 0 Å². The molecule has 1 aliphatic heterocycles. The molecule has 2 aromatic rings. The van der Waals surface area contributed by atoms with E-state index in [0.29, 0.717) is 17.1 Å². The van der Waals surface area contributed by atoms with Crippen molar-refractivity contribution in [2.45, 2.75) is 19.9 Å². The average Bonchev–Trinajstić information content (AvgIpc) is 3.07. The molecule has 0 radical (unpaired) electrons. The number of nitrogens with zero attached hydrogens (tertiary/aromatic N) is 3. The Balaban J connectivity index is 1.80. The molecule has 0 spiro atoms. The van der Waals surface area contributed by atoms with E-state index in [9.17, 15) is 24.5 Å². The van der Waals surface area contributed by atoms with E-state index < -0.39 is 28.1 Å². The van der Waals surface area contributed by atoms with Crippen LogP contribution < -0.4 is 9.47 Å². The van der Waals surface area contributed by atoms with Crippen molar-refractivity contribution < 1.29 is 33.5 Å². The van der Waals surface area contributed by atoms with E-state index in [2.05, 4.69) is 4.98 Å². The number of hydrogen-bond donors (Lipinski definition) is 0. The topological polar surface area (TPSA) is 138 Å². The van der Waals surface area contributed by atoms with Crippen LogP contribution in [0.4, 0.5) is 10.5 Å². The molecule has 0 N–H and O–H groups in total. The predicted octanol–water partition coefficient (Wildman–Crippen LogP) is 3.78. The minimum absolute atomic E-state index is 0.126. The first-order chi connectivity index (χ1) is 15.7. The molecule has 0 unspecified atom stereocenters. The predicted molar refractivity (Wildman–Crippen MR) is 118 cm³/mol. The standard InChI is InChI=1S/C21H19N3O8S/c1-4-31-20(26)12(2)23-19(25)17(33-21(23)27)10-13-5-7-15(16(9-13)30-3)32-18-8-6-14(11-22-18)24(28)29/h5-12H,4H2,1-3H3/b17-10-/t12-/m0/s1. The first kappa shape index (κ1) is 23.7. The molecule has 2 heterocycles. The number of thioether (sulfide) groups is 1. The van der Waals surface area contributed by atoms with Crippen LogP contribution in [0, 0.1) is 10.1 Å². The van der Waals surface area contributed by atoms with Gasteiger partial charge in [0.2, 0.25) is 5.88 Å². The number of aromatic nitrogens is 1. The quantitative estimate of drug-likeness (QED) is 0.241. The molecular formula is C21H19N3O8S. The number of amides is 2. The van der Waals surface area contributed by atoms with Crippen molar-refractivity contribution in [3.63, 3.8) is 0 Å². The molecule has 2 amide bonds. The molecule has 1 aromatic carbocycles. The first-order valence-electron chi connectivity index (χ1n) is 9.65. The summed E-state index contributed by atoms with van der Waals surface area (Å²) < 4.78 is 15.9. The lowest BCUT2D eigenvalue weighted by molar-refractivity contribution is -0.385. The molecule has 3 rings (SSSR count). The van der Waals surface area contributed by atoms with E-state index in [1.165, 1.54) is 32.2 Å². The number of methoxy groups -OCH3 is 1. The number of rotatable bonds is 8. The largest absolute Gasteiger partial charge is 0.493 e. The van der Waals surface area contributed by atoms with Gasteiger partial charge in [0.1, 0.15) is 12.2 Å². The lowest BCUT2D eigenvalue weighted by Gasteiger charge is -2.19. The monoisotopic (exact) mass is 473 g/mol. The van der Waals surface area contributed by atoms with Gasteiger partial charge in [-0.2, -0.15) is 0 Å². The van der Waals surface area contributed by atoms with Crippen LogP contribution in [0.1, 0.15) is 19.4 Å². The summed E-state index contributed by atoms with van der Waals surface area (Å²) >= 11 is 0.718. The van der Waals surface area contributed by atoms with Crippen LogP contribution in [0.5, 0.6) is 17.4 Å². The number of carbonyl (C=O) groups excluding carboxylic acids is 3. The summed E-state index contributed by atoms with van der Waals surface area (Å²) in [6.45, 7) is 3.20. The van der Waals surface area contributed by atoms with Crippen LogP contribution >= 0.6 is 11.8 Å².